The molecular weight excluding hydrogens is 747 g/mol. The molecule has 12 heteroatoms. The Morgan fingerprint density at radius 3 is 2.31 bits per heavy atom. The lowest BCUT2D eigenvalue weighted by Gasteiger charge is -2.41. The lowest BCUT2D eigenvalue weighted by Crippen LogP contribution is -2.52. The van der Waals surface area contributed by atoms with Gasteiger partial charge >= 0.3 is 5.97 Å². The van der Waals surface area contributed by atoms with Crippen LogP contribution in [0.4, 0.5) is 5.69 Å². The Hall–Kier alpha value is -6.24. The van der Waals surface area contributed by atoms with Crippen LogP contribution in [0.25, 0.3) is 11.3 Å². The summed E-state index contributed by atoms with van der Waals surface area (Å²) in [5.41, 5.74) is 8.85. The van der Waals surface area contributed by atoms with E-state index in [1.54, 1.807) is 53.2 Å². The fraction of sp³-hybridized carbons (Fsp3) is 0.319. The number of benzene rings is 4. The van der Waals surface area contributed by atoms with Gasteiger partial charge in [0.1, 0.15) is 5.75 Å². The highest BCUT2D eigenvalue weighted by Gasteiger charge is 2.35. The molecule has 8 rings (SSSR count). The molecule has 5 aromatic rings. The van der Waals surface area contributed by atoms with Gasteiger partial charge in [0, 0.05) is 87.6 Å². The van der Waals surface area contributed by atoms with Gasteiger partial charge < -0.3 is 34.2 Å². The summed E-state index contributed by atoms with van der Waals surface area (Å²) in [4.78, 5) is 62.5. The number of carbonyl (C=O) groups excluding carboxylic acids is 3. The van der Waals surface area contributed by atoms with Crippen LogP contribution in [0.15, 0.2) is 91.0 Å². The van der Waals surface area contributed by atoms with Crippen molar-refractivity contribution in [3.05, 3.63) is 141 Å². The Morgan fingerprint density at radius 2 is 1.56 bits per heavy atom. The Bertz CT molecular complexity index is 2430. The summed E-state index contributed by atoms with van der Waals surface area (Å²) in [6.45, 7) is 6.74. The van der Waals surface area contributed by atoms with Crippen LogP contribution in [0.1, 0.15) is 64.6 Å². The second-order valence-corrected chi connectivity index (χ2v) is 15.9. The first-order chi connectivity index (χ1) is 28.4. The zero-order valence-electron chi connectivity index (χ0n) is 33.7. The van der Waals surface area contributed by atoms with Gasteiger partial charge in [0.2, 0.25) is 5.91 Å². The van der Waals surface area contributed by atoms with Crippen molar-refractivity contribution in [3.63, 3.8) is 0 Å². The fourth-order valence-corrected chi connectivity index (χ4v) is 8.69. The molecule has 59 heavy (non-hydrogen) atoms. The van der Waals surface area contributed by atoms with Crippen LogP contribution in [0.2, 0.25) is 0 Å². The number of hydrogen-bond acceptors (Lipinski definition) is 7. The first kappa shape index (κ1) is 39.6. The van der Waals surface area contributed by atoms with Gasteiger partial charge in [-0.3, -0.25) is 19.3 Å². The predicted molar refractivity (Wildman–Crippen MR) is 224 cm³/mol. The maximum Gasteiger partial charge on any atom is 0.335 e. The molecule has 1 saturated heterocycles. The molecule has 0 aliphatic carbocycles. The van der Waals surface area contributed by atoms with Crippen LogP contribution in [0.3, 0.4) is 0 Å². The number of anilines is 1. The molecular formula is C47H49N5O7. The number of fused-ring (bicyclic) bond motifs is 2. The van der Waals surface area contributed by atoms with Crippen LogP contribution in [-0.4, -0.2) is 106 Å². The second-order valence-electron chi connectivity index (χ2n) is 15.9. The zero-order chi connectivity index (χ0) is 41.4. The number of ether oxygens (including phenoxy) is 1. The number of carboxylic acid groups (broad SMARTS) is 1. The molecule has 3 aliphatic rings. The van der Waals surface area contributed by atoms with Crippen molar-refractivity contribution in [1.82, 2.24) is 19.3 Å². The van der Waals surface area contributed by atoms with E-state index in [4.69, 9.17) is 4.74 Å². The molecule has 3 amide bonds. The van der Waals surface area contributed by atoms with Gasteiger partial charge in [0.15, 0.2) is 0 Å². The van der Waals surface area contributed by atoms with Gasteiger partial charge in [-0.2, -0.15) is 0 Å². The number of nitrogens with zero attached hydrogens (tertiary/aromatic N) is 5. The second kappa shape index (κ2) is 16.6. The van der Waals surface area contributed by atoms with E-state index in [1.165, 1.54) is 17.7 Å². The largest absolute Gasteiger partial charge is 0.508 e. The highest BCUT2D eigenvalue weighted by atomic mass is 16.5. The first-order valence-electron chi connectivity index (χ1n) is 20.1. The van der Waals surface area contributed by atoms with Crippen LogP contribution < -0.4 is 4.90 Å². The summed E-state index contributed by atoms with van der Waals surface area (Å²) in [5.74, 6) is -1.38. The molecule has 0 saturated carbocycles. The lowest BCUT2D eigenvalue weighted by molar-refractivity contribution is -0.131. The number of aromatic nitrogens is 1. The maximum absolute atomic E-state index is 15.4. The van der Waals surface area contributed by atoms with Crippen molar-refractivity contribution in [1.29, 1.82) is 0 Å². The molecule has 0 spiro atoms. The topological polar surface area (TPSA) is 136 Å². The van der Waals surface area contributed by atoms with Gasteiger partial charge in [0.25, 0.3) is 11.8 Å². The number of aromatic carboxylic acids is 1. The molecule has 0 radical (unpaired) electrons. The minimum Gasteiger partial charge on any atom is -0.508 e. The predicted octanol–water partition coefficient (Wildman–Crippen LogP) is 5.71. The molecule has 4 heterocycles. The normalized spacial score (nSPS) is 16.6. The smallest absolute Gasteiger partial charge is 0.335 e. The van der Waals surface area contributed by atoms with Gasteiger partial charge in [0.05, 0.1) is 30.8 Å². The lowest BCUT2D eigenvalue weighted by atomic mass is 9.89. The van der Waals surface area contributed by atoms with E-state index in [9.17, 15) is 24.6 Å². The fourth-order valence-electron chi connectivity index (χ4n) is 8.69. The number of carbonyl (C=O) groups is 4. The van der Waals surface area contributed by atoms with E-state index in [0.29, 0.717) is 68.2 Å². The van der Waals surface area contributed by atoms with E-state index >= 15 is 4.79 Å². The first-order valence-corrected chi connectivity index (χ1v) is 20.1. The third kappa shape index (κ3) is 8.10. The van der Waals surface area contributed by atoms with Crippen LogP contribution >= 0.6 is 0 Å². The number of phenolic OH excluding ortho intramolecular Hbond substituents is 1. The summed E-state index contributed by atoms with van der Waals surface area (Å²) in [7, 11) is 3.61. The molecule has 0 bridgehead atoms. The van der Waals surface area contributed by atoms with Crippen molar-refractivity contribution in [2.75, 3.05) is 51.3 Å². The van der Waals surface area contributed by atoms with Crippen molar-refractivity contribution in [3.8, 4) is 17.0 Å². The average molecular weight is 796 g/mol. The Labute approximate surface area is 343 Å². The van der Waals surface area contributed by atoms with E-state index in [0.717, 1.165) is 53.2 Å². The van der Waals surface area contributed by atoms with E-state index in [-0.39, 0.29) is 41.5 Å². The number of morpholine rings is 1. The Kier molecular flexibility index (Phi) is 11.1. The van der Waals surface area contributed by atoms with E-state index < -0.39 is 5.97 Å². The summed E-state index contributed by atoms with van der Waals surface area (Å²) in [6, 6.07) is 27.0. The highest BCUT2D eigenvalue weighted by molar-refractivity contribution is 6.08. The molecule has 12 nitrogen and oxygen atoms in total. The van der Waals surface area contributed by atoms with Gasteiger partial charge in [-0.05, 0) is 102 Å². The number of amides is 3. The quantitative estimate of drug-likeness (QED) is 0.194. The molecule has 4 aromatic carbocycles. The van der Waals surface area contributed by atoms with Crippen molar-refractivity contribution < 1.29 is 34.1 Å². The number of rotatable bonds is 9. The van der Waals surface area contributed by atoms with Crippen molar-refractivity contribution in [2.45, 2.75) is 45.3 Å². The average Bonchev–Trinajstić information content (AvgIpc) is 3.55. The molecule has 304 valence electrons. The SMILES string of the molecule is Cc1c(C(=O)N(C)c2ccc(O)cc2)cc(-c2cc3c(cc2C(=O)N2Cc4ccccc4C[C@H]2CN2CCOCC2)CN(C(=O)Cc2cccc(C(=O)O)c2)CC3)n1C. The third-order valence-electron chi connectivity index (χ3n) is 12.2. The van der Waals surface area contributed by atoms with Gasteiger partial charge in [-0.25, -0.2) is 4.79 Å². The molecule has 0 unspecified atom stereocenters. The molecule has 1 aromatic heterocycles. The number of phenols is 1. The highest BCUT2D eigenvalue weighted by Crippen LogP contribution is 2.36. The summed E-state index contributed by atoms with van der Waals surface area (Å²) in [5, 5.41) is 19.3. The third-order valence-corrected chi connectivity index (χ3v) is 12.2. The van der Waals surface area contributed by atoms with Crippen molar-refractivity contribution in [2.24, 2.45) is 7.05 Å². The molecule has 1 atom stereocenters. The number of carboxylic acids is 1. The number of aromatic hydroxyl groups is 1. The summed E-state index contributed by atoms with van der Waals surface area (Å²) >= 11 is 0. The summed E-state index contributed by atoms with van der Waals surface area (Å²) < 4.78 is 7.62. The molecule has 3 aliphatic heterocycles. The molecule has 2 N–H and O–H groups in total. The van der Waals surface area contributed by atoms with Gasteiger partial charge in [-0.15, -0.1) is 0 Å². The molecule has 1 fully saturated rings. The summed E-state index contributed by atoms with van der Waals surface area (Å²) in [6.07, 6.45) is 1.35. The monoisotopic (exact) mass is 795 g/mol. The Morgan fingerprint density at radius 1 is 0.814 bits per heavy atom. The minimum atomic E-state index is -1.04. The van der Waals surface area contributed by atoms with E-state index in [2.05, 4.69) is 29.2 Å². The van der Waals surface area contributed by atoms with E-state index in [1.807, 2.05) is 41.6 Å². The Balaban J connectivity index is 1.18. The van der Waals surface area contributed by atoms with Crippen LogP contribution in [0, 0.1) is 6.92 Å². The number of hydrogen-bond donors (Lipinski definition) is 2. The zero-order valence-corrected chi connectivity index (χ0v) is 33.7. The maximum atomic E-state index is 15.4. The van der Waals surface area contributed by atoms with Crippen LogP contribution in [0.5, 0.6) is 5.75 Å². The minimum absolute atomic E-state index is 0.0642. The standard InChI is InChI=1S/C47H49N5O7/c1-30-40(45(55)49(3)37-11-13-39(53)14-12-37)26-43(48(30)2)41-24-33-15-16-51(44(54)22-31-7-6-10-34(21-31)47(57)58)27-36(33)25-42(41)46(56)52-28-35-9-5-4-8-32(35)23-38(52)29-50-17-19-59-20-18-50/h4-14,21,24-26,38,53H,15-20,22-23,27-29H2,1-3H3,(H,57,58)/t38-/m0/s1. The van der Waals surface area contributed by atoms with Gasteiger partial charge in [-0.1, -0.05) is 36.4 Å². The van der Waals surface area contributed by atoms with Crippen molar-refractivity contribution >= 4 is 29.4 Å². The van der Waals surface area contributed by atoms with Crippen LogP contribution in [-0.2, 0) is 48.9 Å².